The summed E-state index contributed by atoms with van der Waals surface area (Å²) in [5.74, 6) is 0.762. The van der Waals surface area contributed by atoms with Crippen LogP contribution in [-0.4, -0.2) is 41.9 Å². The zero-order valence-corrected chi connectivity index (χ0v) is 17.3. The van der Waals surface area contributed by atoms with Gasteiger partial charge in [-0.15, -0.1) is 23.7 Å². The molecular weight excluding hydrogens is 380 g/mol. The van der Waals surface area contributed by atoms with Gasteiger partial charge < -0.3 is 9.88 Å². The highest BCUT2D eigenvalue weighted by molar-refractivity contribution is 7.91. The summed E-state index contributed by atoms with van der Waals surface area (Å²) in [6.45, 7) is 7.95. The topological polar surface area (TPSA) is 67.2 Å². The van der Waals surface area contributed by atoms with Gasteiger partial charge >= 0.3 is 0 Å². The number of aromatic nitrogens is 2. The fraction of sp³-hybridized carbons (Fsp3) is 0.562. The van der Waals surface area contributed by atoms with Crippen molar-refractivity contribution in [3.8, 4) is 0 Å². The highest BCUT2D eigenvalue weighted by Crippen LogP contribution is 2.35. The third kappa shape index (κ3) is 3.93. The number of sulfonamides is 1. The van der Waals surface area contributed by atoms with Crippen molar-refractivity contribution in [1.82, 2.24) is 19.2 Å². The maximum atomic E-state index is 13.2. The summed E-state index contributed by atoms with van der Waals surface area (Å²) in [6, 6.07) is 3.37. The molecule has 0 radical (unpaired) electrons. The summed E-state index contributed by atoms with van der Waals surface area (Å²) >= 11 is 1.37. The predicted octanol–water partition coefficient (Wildman–Crippen LogP) is 2.54. The van der Waals surface area contributed by atoms with E-state index in [0.717, 1.165) is 10.7 Å². The molecule has 0 bridgehead atoms. The second-order valence-corrected chi connectivity index (χ2v) is 10.3. The van der Waals surface area contributed by atoms with Gasteiger partial charge in [0.1, 0.15) is 10.0 Å². The third-order valence-corrected chi connectivity index (χ3v) is 8.12. The largest absolute Gasteiger partial charge is 0.337 e. The highest BCUT2D eigenvalue weighted by atomic mass is 35.5. The van der Waals surface area contributed by atoms with Crippen LogP contribution in [0, 0.1) is 0 Å². The summed E-state index contributed by atoms with van der Waals surface area (Å²) in [4.78, 5) is 5.44. The highest BCUT2D eigenvalue weighted by Gasteiger charge is 2.37. The van der Waals surface area contributed by atoms with Gasteiger partial charge in [-0.2, -0.15) is 4.31 Å². The number of aryl methyl sites for hydroxylation is 1. The summed E-state index contributed by atoms with van der Waals surface area (Å²) < 4.78 is 30.3. The molecule has 9 heteroatoms. The van der Waals surface area contributed by atoms with E-state index in [4.69, 9.17) is 0 Å². The molecule has 1 aliphatic heterocycles. The standard InChI is InChI=1S/C16H24N4O2S2.ClH/c1-16(2,3)13-5-6-14(23-13)24(21,22)20-10-7-17-11-12(20)15-18-8-9-19(15)4;/h5-6,8-9,12,17H,7,10-11H2,1-4H3;1H. The van der Waals surface area contributed by atoms with Crippen molar-refractivity contribution in [1.29, 1.82) is 0 Å². The summed E-state index contributed by atoms with van der Waals surface area (Å²) in [5.41, 5.74) is -0.0546. The van der Waals surface area contributed by atoms with Gasteiger partial charge in [-0.05, 0) is 17.5 Å². The van der Waals surface area contributed by atoms with E-state index in [1.807, 2.05) is 23.9 Å². The van der Waals surface area contributed by atoms with Crippen LogP contribution in [0.25, 0.3) is 0 Å². The van der Waals surface area contributed by atoms with E-state index >= 15 is 0 Å². The molecule has 1 N–H and O–H groups in total. The summed E-state index contributed by atoms with van der Waals surface area (Å²) in [7, 11) is -1.64. The lowest BCUT2D eigenvalue weighted by Gasteiger charge is -2.34. The van der Waals surface area contributed by atoms with Gasteiger partial charge in [0.25, 0.3) is 10.0 Å². The molecule has 0 aromatic carbocycles. The van der Waals surface area contributed by atoms with E-state index in [1.165, 1.54) is 11.3 Å². The number of hydrogen-bond acceptors (Lipinski definition) is 5. The molecular formula is C16H25ClN4O2S2. The van der Waals surface area contributed by atoms with E-state index < -0.39 is 10.0 Å². The Kier molecular flexibility index (Phi) is 6.00. The van der Waals surface area contributed by atoms with Crippen LogP contribution in [0.3, 0.4) is 0 Å². The van der Waals surface area contributed by atoms with Gasteiger partial charge in [-0.1, -0.05) is 20.8 Å². The first-order chi connectivity index (χ1) is 11.2. The Morgan fingerprint density at radius 3 is 2.60 bits per heavy atom. The molecule has 2 aromatic heterocycles. The van der Waals surface area contributed by atoms with E-state index in [-0.39, 0.29) is 23.9 Å². The molecule has 0 amide bonds. The zero-order chi connectivity index (χ0) is 17.5. The molecule has 1 saturated heterocycles. The van der Waals surface area contributed by atoms with E-state index in [2.05, 4.69) is 31.1 Å². The maximum absolute atomic E-state index is 13.2. The van der Waals surface area contributed by atoms with Gasteiger partial charge in [0.2, 0.25) is 0 Å². The fourth-order valence-electron chi connectivity index (χ4n) is 2.87. The fourth-order valence-corrected chi connectivity index (χ4v) is 5.95. The molecule has 140 valence electrons. The van der Waals surface area contributed by atoms with Crippen molar-refractivity contribution in [3.05, 3.63) is 35.2 Å². The summed E-state index contributed by atoms with van der Waals surface area (Å²) in [6.07, 6.45) is 3.55. The van der Waals surface area contributed by atoms with Gasteiger partial charge in [-0.25, -0.2) is 13.4 Å². The van der Waals surface area contributed by atoms with Crippen LogP contribution < -0.4 is 5.32 Å². The lowest BCUT2D eigenvalue weighted by atomic mass is 9.95. The molecule has 1 unspecified atom stereocenters. The van der Waals surface area contributed by atoms with Crippen molar-refractivity contribution in [2.24, 2.45) is 7.05 Å². The average Bonchev–Trinajstić information content (AvgIpc) is 3.15. The molecule has 3 heterocycles. The number of hydrogen-bond donors (Lipinski definition) is 1. The smallest absolute Gasteiger partial charge is 0.253 e. The zero-order valence-electron chi connectivity index (χ0n) is 14.9. The number of thiophene rings is 1. The van der Waals surface area contributed by atoms with Crippen molar-refractivity contribution in [2.75, 3.05) is 19.6 Å². The van der Waals surface area contributed by atoms with Crippen LogP contribution in [0.2, 0.25) is 0 Å². The second-order valence-electron chi connectivity index (χ2n) is 7.10. The molecule has 1 fully saturated rings. The number of nitrogens with one attached hydrogen (secondary N) is 1. The van der Waals surface area contributed by atoms with E-state index in [0.29, 0.717) is 23.8 Å². The van der Waals surface area contributed by atoms with Crippen LogP contribution in [0.5, 0.6) is 0 Å². The van der Waals surface area contributed by atoms with Crippen LogP contribution in [-0.2, 0) is 22.5 Å². The van der Waals surface area contributed by atoms with Crippen LogP contribution >= 0.6 is 23.7 Å². The summed E-state index contributed by atoms with van der Waals surface area (Å²) in [5, 5.41) is 3.28. The normalized spacial score (nSPS) is 19.6. The maximum Gasteiger partial charge on any atom is 0.253 e. The Labute approximate surface area is 159 Å². The Bertz CT molecular complexity index is 823. The number of rotatable bonds is 3. The predicted molar refractivity (Wildman–Crippen MR) is 103 cm³/mol. The Balaban J connectivity index is 0.00000225. The molecule has 2 aromatic rings. The molecule has 25 heavy (non-hydrogen) atoms. The minimum Gasteiger partial charge on any atom is -0.337 e. The van der Waals surface area contributed by atoms with Gasteiger partial charge in [0.15, 0.2) is 0 Å². The lowest BCUT2D eigenvalue weighted by Crippen LogP contribution is -2.49. The molecule has 6 nitrogen and oxygen atoms in total. The van der Waals surface area contributed by atoms with E-state index in [9.17, 15) is 8.42 Å². The number of halogens is 1. The molecule has 0 aliphatic carbocycles. The minimum absolute atomic E-state index is 0. The number of piperazine rings is 1. The molecule has 1 atom stereocenters. The lowest BCUT2D eigenvalue weighted by molar-refractivity contribution is 0.259. The van der Waals surface area contributed by atoms with Crippen molar-refractivity contribution < 1.29 is 8.42 Å². The number of nitrogens with zero attached hydrogens (tertiary/aromatic N) is 3. The monoisotopic (exact) mass is 404 g/mol. The van der Waals surface area contributed by atoms with Gasteiger partial charge in [0, 0.05) is 44.0 Å². The first kappa shape index (κ1) is 20.4. The minimum atomic E-state index is -3.53. The Morgan fingerprint density at radius 1 is 1.32 bits per heavy atom. The van der Waals surface area contributed by atoms with Crippen molar-refractivity contribution >= 4 is 33.8 Å². The quantitative estimate of drug-likeness (QED) is 0.853. The average molecular weight is 405 g/mol. The van der Waals surface area contributed by atoms with Crippen molar-refractivity contribution in [3.63, 3.8) is 0 Å². The Morgan fingerprint density at radius 2 is 2.04 bits per heavy atom. The second kappa shape index (κ2) is 7.36. The molecule has 3 rings (SSSR count). The SMILES string of the molecule is Cl.Cn1ccnc1C1CNCCN1S(=O)(=O)c1ccc(C(C)(C)C)s1. The van der Waals surface area contributed by atoms with E-state index in [1.54, 1.807) is 16.6 Å². The van der Waals surface area contributed by atoms with Gasteiger partial charge in [0.05, 0.1) is 6.04 Å². The van der Waals surface area contributed by atoms with Crippen LogP contribution in [0.4, 0.5) is 0 Å². The molecule has 1 aliphatic rings. The Hall–Kier alpha value is -0.930. The first-order valence-corrected chi connectivity index (χ1v) is 10.3. The number of imidazole rings is 1. The van der Waals surface area contributed by atoms with Crippen LogP contribution in [0.1, 0.15) is 37.5 Å². The van der Waals surface area contributed by atoms with Gasteiger partial charge in [-0.3, -0.25) is 0 Å². The molecule has 0 saturated carbocycles. The molecule has 0 spiro atoms. The van der Waals surface area contributed by atoms with Crippen molar-refractivity contribution in [2.45, 2.75) is 36.4 Å². The third-order valence-electron chi connectivity index (χ3n) is 4.23. The first-order valence-electron chi connectivity index (χ1n) is 8.01. The van der Waals surface area contributed by atoms with Crippen LogP contribution in [0.15, 0.2) is 28.7 Å².